The van der Waals surface area contributed by atoms with Crippen molar-refractivity contribution in [3.8, 4) is 12.3 Å². The first-order valence-corrected chi connectivity index (χ1v) is 9.60. The Morgan fingerprint density at radius 2 is 1.79 bits per heavy atom. The first-order chi connectivity index (χ1) is 15.2. The molecule has 0 aliphatic carbocycles. The normalized spacial score (nSPS) is 14.1. The number of aromatic nitrogens is 3. The van der Waals surface area contributed by atoms with Crippen molar-refractivity contribution in [2.75, 3.05) is 5.32 Å². The van der Waals surface area contributed by atoms with Gasteiger partial charge in [0.05, 0.1) is 16.5 Å². The summed E-state index contributed by atoms with van der Waals surface area (Å²) in [7, 11) is 0. The molecule has 1 N–H and O–H groups in total. The van der Waals surface area contributed by atoms with Crippen LogP contribution in [-0.4, -0.2) is 20.7 Å². The SMILES string of the molecule is C#CC(Nc1nc(C)nc2cc(=O)n(C(C)C(F)(F)F)cc12)c1cccc(C(F)(F)F)c1C. The van der Waals surface area contributed by atoms with E-state index in [1.54, 1.807) is 0 Å². The van der Waals surface area contributed by atoms with E-state index in [1.807, 2.05) is 0 Å². The van der Waals surface area contributed by atoms with Gasteiger partial charge in [-0.3, -0.25) is 4.79 Å². The lowest BCUT2D eigenvalue weighted by atomic mass is 9.96. The van der Waals surface area contributed by atoms with Crippen molar-refractivity contribution in [3.63, 3.8) is 0 Å². The molecule has 0 aliphatic heterocycles. The van der Waals surface area contributed by atoms with Crippen LogP contribution in [0.1, 0.15) is 41.5 Å². The van der Waals surface area contributed by atoms with E-state index in [4.69, 9.17) is 6.42 Å². The Hall–Kier alpha value is -3.55. The number of benzene rings is 1. The monoisotopic (exact) mass is 468 g/mol. The number of halogens is 6. The molecule has 0 spiro atoms. The Bertz CT molecular complexity index is 1300. The largest absolute Gasteiger partial charge is 0.416 e. The van der Waals surface area contributed by atoms with E-state index in [-0.39, 0.29) is 33.7 Å². The molecule has 3 aromatic rings. The highest BCUT2D eigenvalue weighted by molar-refractivity contribution is 5.88. The third-order valence-corrected chi connectivity index (χ3v) is 5.20. The van der Waals surface area contributed by atoms with Gasteiger partial charge in [0, 0.05) is 12.3 Å². The molecule has 2 atom stereocenters. The first-order valence-electron chi connectivity index (χ1n) is 9.60. The molecule has 1 aromatic carbocycles. The molecule has 0 fully saturated rings. The number of terminal acetylenes is 1. The molecule has 0 saturated carbocycles. The Balaban J connectivity index is 2.16. The van der Waals surface area contributed by atoms with Crippen LogP contribution >= 0.6 is 0 Å². The fraction of sp³-hybridized carbons (Fsp3) is 0.318. The molecule has 0 bridgehead atoms. The van der Waals surface area contributed by atoms with Gasteiger partial charge in [-0.1, -0.05) is 18.1 Å². The van der Waals surface area contributed by atoms with Gasteiger partial charge in [-0.25, -0.2) is 9.97 Å². The number of aryl methyl sites for hydroxylation is 1. The molecule has 0 amide bonds. The molecule has 0 saturated heterocycles. The number of rotatable bonds is 4. The zero-order valence-electron chi connectivity index (χ0n) is 17.6. The highest BCUT2D eigenvalue weighted by atomic mass is 19.4. The molecule has 11 heteroatoms. The van der Waals surface area contributed by atoms with Gasteiger partial charge in [0.15, 0.2) is 0 Å². The molecule has 0 aliphatic rings. The van der Waals surface area contributed by atoms with Gasteiger partial charge in [-0.2, -0.15) is 26.3 Å². The lowest BCUT2D eigenvalue weighted by molar-refractivity contribution is -0.163. The summed E-state index contributed by atoms with van der Waals surface area (Å²) in [6, 6.07) is 1.28. The minimum Gasteiger partial charge on any atom is -0.352 e. The van der Waals surface area contributed by atoms with Crippen molar-refractivity contribution in [3.05, 3.63) is 63.3 Å². The zero-order chi connectivity index (χ0) is 24.7. The van der Waals surface area contributed by atoms with Crippen molar-refractivity contribution >= 4 is 16.7 Å². The van der Waals surface area contributed by atoms with Crippen molar-refractivity contribution in [1.29, 1.82) is 0 Å². The van der Waals surface area contributed by atoms with E-state index in [0.29, 0.717) is 4.57 Å². The second kappa shape index (κ2) is 8.42. The summed E-state index contributed by atoms with van der Waals surface area (Å²) in [5.41, 5.74) is -1.67. The topological polar surface area (TPSA) is 59.8 Å². The number of fused-ring (bicyclic) bond motifs is 1. The quantitative estimate of drug-likeness (QED) is 0.415. The van der Waals surface area contributed by atoms with E-state index in [1.165, 1.54) is 26.0 Å². The molecule has 3 rings (SSSR count). The Kier molecular flexibility index (Phi) is 6.15. The zero-order valence-corrected chi connectivity index (χ0v) is 17.6. The second-order valence-electron chi connectivity index (χ2n) is 7.42. The highest BCUT2D eigenvalue weighted by Gasteiger charge is 2.38. The number of anilines is 1. The molecule has 2 unspecified atom stereocenters. The number of nitrogens with one attached hydrogen (secondary N) is 1. The van der Waals surface area contributed by atoms with E-state index in [2.05, 4.69) is 21.2 Å². The third kappa shape index (κ3) is 4.79. The van der Waals surface area contributed by atoms with Crippen molar-refractivity contribution in [2.45, 2.75) is 45.2 Å². The Morgan fingerprint density at radius 3 is 2.36 bits per heavy atom. The number of hydrogen-bond donors (Lipinski definition) is 1. The maximum Gasteiger partial charge on any atom is 0.416 e. The Labute approximate surface area is 184 Å². The number of hydrogen-bond acceptors (Lipinski definition) is 4. The summed E-state index contributed by atoms with van der Waals surface area (Å²) >= 11 is 0. The molecule has 174 valence electrons. The molecular formula is C22H18F6N4O. The summed E-state index contributed by atoms with van der Waals surface area (Å²) in [4.78, 5) is 20.5. The Morgan fingerprint density at radius 1 is 1.12 bits per heavy atom. The molecular weight excluding hydrogens is 450 g/mol. The predicted molar refractivity (Wildman–Crippen MR) is 111 cm³/mol. The van der Waals surface area contributed by atoms with E-state index in [9.17, 15) is 31.1 Å². The average molecular weight is 468 g/mol. The summed E-state index contributed by atoms with van der Waals surface area (Å²) in [6.07, 6.45) is -2.74. The van der Waals surface area contributed by atoms with E-state index >= 15 is 0 Å². The summed E-state index contributed by atoms with van der Waals surface area (Å²) in [5, 5.41) is 2.88. The van der Waals surface area contributed by atoms with Gasteiger partial charge >= 0.3 is 12.4 Å². The maximum atomic E-state index is 13.3. The standard InChI is InChI=1S/C22H18F6N4O/c1-5-17(14-7-6-8-16(11(14)2)22(26,27)28)31-20-15-10-32(12(3)21(23,24)25)19(33)9-18(15)29-13(4)30-20/h1,6-10,12,17H,2-4H3,(H,29,30,31). The van der Waals surface area contributed by atoms with Crippen molar-refractivity contribution in [2.24, 2.45) is 0 Å². The summed E-state index contributed by atoms with van der Waals surface area (Å²) < 4.78 is 80.1. The van der Waals surface area contributed by atoms with Crippen LogP contribution in [-0.2, 0) is 6.18 Å². The summed E-state index contributed by atoms with van der Waals surface area (Å²) in [5.74, 6) is 2.53. The fourth-order valence-electron chi connectivity index (χ4n) is 3.42. The number of alkyl halides is 6. The molecule has 5 nitrogen and oxygen atoms in total. The van der Waals surface area contributed by atoms with Crippen molar-refractivity contribution < 1.29 is 26.3 Å². The lowest BCUT2D eigenvalue weighted by Gasteiger charge is -2.22. The van der Waals surface area contributed by atoms with Gasteiger partial charge in [0.2, 0.25) is 0 Å². The number of pyridine rings is 1. The van der Waals surface area contributed by atoms with Crippen LogP contribution in [0.4, 0.5) is 32.2 Å². The summed E-state index contributed by atoms with van der Waals surface area (Å²) in [6.45, 7) is 3.59. The maximum absolute atomic E-state index is 13.3. The minimum atomic E-state index is -4.69. The third-order valence-electron chi connectivity index (χ3n) is 5.20. The predicted octanol–water partition coefficient (Wildman–Crippen LogP) is 5.34. The van der Waals surface area contributed by atoms with Crippen molar-refractivity contribution in [1.82, 2.24) is 14.5 Å². The minimum absolute atomic E-state index is 0.0135. The van der Waals surface area contributed by atoms with Crippen LogP contribution < -0.4 is 10.9 Å². The van der Waals surface area contributed by atoms with Crippen LogP contribution in [0.15, 0.2) is 35.3 Å². The smallest absolute Gasteiger partial charge is 0.352 e. The van der Waals surface area contributed by atoms with Gasteiger partial charge in [0.1, 0.15) is 23.7 Å². The van der Waals surface area contributed by atoms with Crippen LogP contribution in [0.5, 0.6) is 0 Å². The van der Waals surface area contributed by atoms with E-state index < -0.39 is 35.6 Å². The molecule has 0 radical (unpaired) electrons. The van der Waals surface area contributed by atoms with Gasteiger partial charge in [-0.15, -0.1) is 6.42 Å². The van der Waals surface area contributed by atoms with Gasteiger partial charge < -0.3 is 9.88 Å². The van der Waals surface area contributed by atoms with Crippen LogP contribution in [0.3, 0.4) is 0 Å². The second-order valence-corrected chi connectivity index (χ2v) is 7.42. The molecule has 2 aromatic heterocycles. The fourth-order valence-corrected chi connectivity index (χ4v) is 3.42. The van der Waals surface area contributed by atoms with Crippen LogP contribution in [0.2, 0.25) is 0 Å². The molecule has 33 heavy (non-hydrogen) atoms. The highest BCUT2D eigenvalue weighted by Crippen LogP contribution is 2.36. The average Bonchev–Trinajstić information content (AvgIpc) is 2.69. The van der Waals surface area contributed by atoms with Gasteiger partial charge in [-0.05, 0) is 38.0 Å². The van der Waals surface area contributed by atoms with Crippen LogP contribution in [0.25, 0.3) is 10.9 Å². The van der Waals surface area contributed by atoms with Crippen LogP contribution in [0, 0.1) is 26.2 Å². The number of nitrogens with zero attached hydrogens (tertiary/aromatic N) is 3. The first kappa shape index (κ1) is 24.1. The molecule has 2 heterocycles. The van der Waals surface area contributed by atoms with E-state index in [0.717, 1.165) is 25.3 Å². The van der Waals surface area contributed by atoms with Gasteiger partial charge in [0.25, 0.3) is 5.56 Å². The lowest BCUT2D eigenvalue weighted by Crippen LogP contribution is -2.32.